The third-order valence-corrected chi connectivity index (χ3v) is 3.59. The minimum absolute atomic E-state index is 0.0824. The predicted molar refractivity (Wildman–Crippen MR) is 94.0 cm³/mol. The lowest BCUT2D eigenvalue weighted by Crippen LogP contribution is -2.18. The van der Waals surface area contributed by atoms with Crippen LogP contribution in [0.2, 0.25) is 5.02 Å². The molecule has 4 nitrogen and oxygen atoms in total. The molecule has 2 aromatic carbocycles. The molecule has 2 rings (SSSR count). The standard InChI is InChI=1S/C18H21ClN2O2/c1-2-20-13-14-7-3-5-9-16(14)21-18(22)11-12-23-17-10-6-4-8-15(17)19/h3-10,20H,2,11-13H2,1H3,(H,21,22). The fourth-order valence-electron chi connectivity index (χ4n) is 2.08. The highest BCUT2D eigenvalue weighted by Crippen LogP contribution is 2.23. The van der Waals surface area contributed by atoms with Crippen molar-refractivity contribution in [2.45, 2.75) is 19.9 Å². The molecule has 122 valence electrons. The Morgan fingerprint density at radius 2 is 1.87 bits per heavy atom. The summed E-state index contributed by atoms with van der Waals surface area (Å²) in [5, 5.41) is 6.73. The zero-order valence-electron chi connectivity index (χ0n) is 13.1. The van der Waals surface area contributed by atoms with Crippen LogP contribution >= 0.6 is 11.6 Å². The molecule has 0 spiro atoms. The number of carbonyl (C=O) groups is 1. The van der Waals surface area contributed by atoms with Crippen LogP contribution in [0.15, 0.2) is 48.5 Å². The molecule has 0 radical (unpaired) electrons. The van der Waals surface area contributed by atoms with Gasteiger partial charge in [-0.3, -0.25) is 4.79 Å². The number of benzene rings is 2. The van der Waals surface area contributed by atoms with Gasteiger partial charge in [-0.05, 0) is 30.3 Å². The highest BCUT2D eigenvalue weighted by atomic mass is 35.5. The Kier molecular flexibility index (Phi) is 6.91. The lowest BCUT2D eigenvalue weighted by molar-refractivity contribution is -0.116. The van der Waals surface area contributed by atoms with Crippen molar-refractivity contribution in [1.29, 1.82) is 0 Å². The number of rotatable bonds is 8. The number of carbonyl (C=O) groups excluding carboxylic acids is 1. The average molecular weight is 333 g/mol. The van der Waals surface area contributed by atoms with E-state index in [0.29, 0.717) is 10.8 Å². The molecule has 0 aliphatic rings. The molecule has 0 saturated heterocycles. The first kappa shape index (κ1) is 17.3. The third kappa shape index (κ3) is 5.58. The summed E-state index contributed by atoms with van der Waals surface area (Å²) in [7, 11) is 0. The van der Waals surface area contributed by atoms with Crippen LogP contribution < -0.4 is 15.4 Å². The minimum atomic E-state index is -0.0824. The minimum Gasteiger partial charge on any atom is -0.491 e. The number of para-hydroxylation sites is 2. The van der Waals surface area contributed by atoms with Crippen molar-refractivity contribution in [3.63, 3.8) is 0 Å². The molecule has 0 atom stereocenters. The highest BCUT2D eigenvalue weighted by Gasteiger charge is 2.07. The molecule has 5 heteroatoms. The number of anilines is 1. The molecule has 0 unspecified atom stereocenters. The van der Waals surface area contributed by atoms with E-state index in [4.69, 9.17) is 16.3 Å². The van der Waals surface area contributed by atoms with Crippen LogP contribution in [-0.4, -0.2) is 19.1 Å². The van der Waals surface area contributed by atoms with Gasteiger partial charge >= 0.3 is 0 Å². The Morgan fingerprint density at radius 1 is 1.13 bits per heavy atom. The molecule has 0 aliphatic heterocycles. The van der Waals surface area contributed by atoms with E-state index in [1.165, 1.54) is 0 Å². The summed E-state index contributed by atoms with van der Waals surface area (Å²) in [6, 6.07) is 15.0. The number of halogens is 1. The first-order chi connectivity index (χ1) is 11.2. The van der Waals surface area contributed by atoms with Gasteiger partial charge in [-0.1, -0.05) is 48.9 Å². The smallest absolute Gasteiger partial charge is 0.227 e. The van der Waals surface area contributed by atoms with E-state index in [0.717, 1.165) is 24.3 Å². The summed E-state index contributed by atoms with van der Waals surface area (Å²) in [5.74, 6) is 0.510. The summed E-state index contributed by atoms with van der Waals surface area (Å²) in [6.07, 6.45) is 0.265. The van der Waals surface area contributed by atoms with Crippen LogP contribution in [0.25, 0.3) is 0 Å². The topological polar surface area (TPSA) is 50.4 Å². The van der Waals surface area contributed by atoms with E-state index >= 15 is 0 Å². The third-order valence-electron chi connectivity index (χ3n) is 3.28. The van der Waals surface area contributed by atoms with Crippen molar-refractivity contribution in [1.82, 2.24) is 5.32 Å². The van der Waals surface area contributed by atoms with Crippen LogP contribution in [-0.2, 0) is 11.3 Å². The lowest BCUT2D eigenvalue weighted by atomic mass is 10.1. The second kappa shape index (κ2) is 9.18. The summed E-state index contributed by atoms with van der Waals surface area (Å²) in [4.78, 5) is 12.1. The van der Waals surface area contributed by atoms with E-state index < -0.39 is 0 Å². The molecule has 23 heavy (non-hydrogen) atoms. The quantitative estimate of drug-likeness (QED) is 0.771. The molecular formula is C18H21ClN2O2. The summed E-state index contributed by atoms with van der Waals surface area (Å²) < 4.78 is 5.54. The maximum absolute atomic E-state index is 12.1. The molecular weight excluding hydrogens is 312 g/mol. The first-order valence-corrected chi connectivity index (χ1v) is 8.04. The molecule has 0 aliphatic carbocycles. The van der Waals surface area contributed by atoms with Crippen molar-refractivity contribution < 1.29 is 9.53 Å². The van der Waals surface area contributed by atoms with Gasteiger partial charge in [-0.15, -0.1) is 0 Å². The summed E-state index contributed by atoms with van der Waals surface area (Å²) in [5.41, 5.74) is 1.89. The van der Waals surface area contributed by atoms with E-state index in [9.17, 15) is 4.79 Å². The number of ether oxygens (including phenoxy) is 1. The number of hydrogen-bond donors (Lipinski definition) is 2. The zero-order valence-corrected chi connectivity index (χ0v) is 13.9. The molecule has 0 bridgehead atoms. The van der Waals surface area contributed by atoms with E-state index in [-0.39, 0.29) is 18.9 Å². The van der Waals surface area contributed by atoms with Gasteiger partial charge in [0.25, 0.3) is 0 Å². The number of amides is 1. The highest BCUT2D eigenvalue weighted by molar-refractivity contribution is 6.32. The van der Waals surface area contributed by atoms with Crippen LogP contribution in [0.3, 0.4) is 0 Å². The Balaban J connectivity index is 1.84. The fourth-order valence-corrected chi connectivity index (χ4v) is 2.27. The van der Waals surface area contributed by atoms with Crippen LogP contribution in [0.5, 0.6) is 5.75 Å². The van der Waals surface area contributed by atoms with Gasteiger partial charge in [0.15, 0.2) is 0 Å². The summed E-state index contributed by atoms with van der Waals surface area (Å²) in [6.45, 7) is 3.94. The Bertz CT molecular complexity index is 646. The average Bonchev–Trinajstić information content (AvgIpc) is 2.56. The van der Waals surface area contributed by atoms with Crippen LogP contribution in [0.4, 0.5) is 5.69 Å². The van der Waals surface area contributed by atoms with Crippen molar-refractivity contribution in [2.24, 2.45) is 0 Å². The van der Waals surface area contributed by atoms with Gasteiger partial charge in [0, 0.05) is 12.2 Å². The zero-order chi connectivity index (χ0) is 16.5. The lowest BCUT2D eigenvalue weighted by Gasteiger charge is -2.12. The monoisotopic (exact) mass is 332 g/mol. The molecule has 0 heterocycles. The van der Waals surface area contributed by atoms with Gasteiger partial charge in [-0.2, -0.15) is 0 Å². The molecule has 0 saturated carbocycles. The van der Waals surface area contributed by atoms with Crippen molar-refractivity contribution >= 4 is 23.2 Å². The Labute approximate surface area is 141 Å². The normalized spacial score (nSPS) is 10.3. The van der Waals surface area contributed by atoms with Crippen molar-refractivity contribution in [3.8, 4) is 5.75 Å². The molecule has 1 amide bonds. The maximum atomic E-state index is 12.1. The first-order valence-electron chi connectivity index (χ1n) is 7.66. The molecule has 2 aromatic rings. The second-order valence-electron chi connectivity index (χ2n) is 5.01. The molecule has 2 N–H and O–H groups in total. The summed E-state index contributed by atoms with van der Waals surface area (Å²) >= 11 is 6.01. The van der Waals surface area contributed by atoms with Crippen LogP contribution in [0, 0.1) is 0 Å². The van der Waals surface area contributed by atoms with Gasteiger partial charge in [-0.25, -0.2) is 0 Å². The number of hydrogen-bond acceptors (Lipinski definition) is 3. The predicted octanol–water partition coefficient (Wildman–Crippen LogP) is 3.86. The van der Waals surface area contributed by atoms with Crippen LogP contribution in [0.1, 0.15) is 18.9 Å². The molecule has 0 fully saturated rings. The van der Waals surface area contributed by atoms with Gasteiger partial charge in [0.05, 0.1) is 18.1 Å². The second-order valence-corrected chi connectivity index (χ2v) is 5.42. The Morgan fingerprint density at radius 3 is 2.65 bits per heavy atom. The van der Waals surface area contributed by atoms with Gasteiger partial charge < -0.3 is 15.4 Å². The molecule has 0 aromatic heterocycles. The van der Waals surface area contributed by atoms with Gasteiger partial charge in [0.2, 0.25) is 5.91 Å². The fraction of sp³-hybridized carbons (Fsp3) is 0.278. The largest absolute Gasteiger partial charge is 0.491 e. The Hall–Kier alpha value is -2.04. The SMILES string of the molecule is CCNCc1ccccc1NC(=O)CCOc1ccccc1Cl. The number of nitrogens with one attached hydrogen (secondary N) is 2. The maximum Gasteiger partial charge on any atom is 0.227 e. The van der Waals surface area contributed by atoms with Crippen molar-refractivity contribution in [2.75, 3.05) is 18.5 Å². The van der Waals surface area contributed by atoms with E-state index in [1.54, 1.807) is 12.1 Å². The van der Waals surface area contributed by atoms with Gasteiger partial charge in [0.1, 0.15) is 5.75 Å². The van der Waals surface area contributed by atoms with Crippen molar-refractivity contribution in [3.05, 3.63) is 59.1 Å². The van der Waals surface area contributed by atoms with E-state index in [1.807, 2.05) is 43.3 Å². The van der Waals surface area contributed by atoms with E-state index in [2.05, 4.69) is 10.6 Å².